The van der Waals surface area contributed by atoms with Crippen LogP contribution >= 0.6 is 11.6 Å². The van der Waals surface area contributed by atoms with Crippen molar-refractivity contribution >= 4 is 11.6 Å². The fraction of sp³-hybridized carbons (Fsp3) is 0.227. The van der Waals surface area contributed by atoms with Crippen molar-refractivity contribution in [3.63, 3.8) is 0 Å². The highest BCUT2D eigenvalue weighted by Crippen LogP contribution is 2.37. The van der Waals surface area contributed by atoms with Crippen LogP contribution in [0.3, 0.4) is 0 Å². The molecule has 146 valence electrons. The van der Waals surface area contributed by atoms with Crippen molar-refractivity contribution in [3.05, 3.63) is 93.1 Å². The normalized spacial score (nSPS) is 13.1. The number of aromatic amines is 1. The molecule has 2 aromatic carbocycles. The molecule has 0 aliphatic rings. The second kappa shape index (κ2) is 9.04. The van der Waals surface area contributed by atoms with Gasteiger partial charge in [-0.2, -0.15) is 0 Å². The number of para-hydroxylation sites is 1. The van der Waals surface area contributed by atoms with Gasteiger partial charge in [-0.05, 0) is 37.6 Å². The lowest BCUT2D eigenvalue weighted by Gasteiger charge is -2.24. The summed E-state index contributed by atoms with van der Waals surface area (Å²) in [7, 11) is 0. The van der Waals surface area contributed by atoms with Gasteiger partial charge in [-0.25, -0.2) is 4.39 Å². The fourth-order valence-electron chi connectivity index (χ4n) is 3.11. The first-order valence-electron chi connectivity index (χ1n) is 9.15. The largest absolute Gasteiger partial charge is 0.453 e. The van der Waals surface area contributed by atoms with E-state index >= 15 is 4.39 Å². The topological polar surface area (TPSA) is 54.1 Å². The van der Waals surface area contributed by atoms with Crippen LogP contribution in [0, 0.1) is 5.82 Å². The molecule has 1 heterocycles. The number of ether oxygens (including phenoxy) is 1. The van der Waals surface area contributed by atoms with E-state index in [4.69, 9.17) is 16.3 Å². The van der Waals surface area contributed by atoms with E-state index in [1.807, 2.05) is 19.9 Å². The Morgan fingerprint density at radius 3 is 2.54 bits per heavy atom. The minimum absolute atomic E-state index is 0.00386. The Balaban J connectivity index is 1.89. The highest BCUT2D eigenvalue weighted by Gasteiger charge is 2.22. The van der Waals surface area contributed by atoms with Crippen molar-refractivity contribution in [1.29, 1.82) is 0 Å². The average molecular weight is 401 g/mol. The molecule has 6 heteroatoms. The van der Waals surface area contributed by atoms with Crippen LogP contribution in [0.15, 0.2) is 65.6 Å². The first-order chi connectivity index (χ1) is 13.5. The van der Waals surface area contributed by atoms with Gasteiger partial charge in [-0.15, -0.1) is 0 Å². The number of aromatic nitrogens is 1. The van der Waals surface area contributed by atoms with Crippen LogP contribution in [0.5, 0.6) is 11.5 Å². The predicted octanol–water partition coefficient (Wildman–Crippen LogP) is 5.76. The van der Waals surface area contributed by atoms with Crippen LogP contribution in [0.25, 0.3) is 0 Å². The SMILES string of the molecule is CC[C@@H](N[C@@H](C)c1ccc[nH]c1=O)c1ccc(Cl)c(Oc2ccccc2)c1F. The molecule has 2 N–H and O–H groups in total. The van der Waals surface area contributed by atoms with Crippen molar-refractivity contribution in [2.24, 2.45) is 0 Å². The number of hydrogen-bond donors (Lipinski definition) is 2. The summed E-state index contributed by atoms with van der Waals surface area (Å²) < 4.78 is 21.0. The molecular weight excluding hydrogens is 379 g/mol. The van der Waals surface area contributed by atoms with Crippen LogP contribution in [0.1, 0.15) is 43.5 Å². The third-order valence-corrected chi connectivity index (χ3v) is 4.89. The molecule has 2 atom stereocenters. The van der Waals surface area contributed by atoms with Crippen molar-refractivity contribution in [1.82, 2.24) is 10.3 Å². The first-order valence-corrected chi connectivity index (χ1v) is 9.53. The van der Waals surface area contributed by atoms with E-state index in [2.05, 4.69) is 10.3 Å². The lowest BCUT2D eigenvalue weighted by Crippen LogP contribution is -2.29. The molecule has 0 aliphatic heterocycles. The summed E-state index contributed by atoms with van der Waals surface area (Å²) >= 11 is 6.19. The maximum atomic E-state index is 15.3. The summed E-state index contributed by atoms with van der Waals surface area (Å²) in [5.41, 5.74) is 0.871. The van der Waals surface area contributed by atoms with Gasteiger partial charge >= 0.3 is 0 Å². The molecular formula is C22H22ClFN2O2. The van der Waals surface area contributed by atoms with E-state index < -0.39 is 5.82 Å². The Kier molecular flexibility index (Phi) is 6.49. The van der Waals surface area contributed by atoms with E-state index in [1.54, 1.807) is 54.7 Å². The van der Waals surface area contributed by atoms with Crippen LogP contribution in [0.2, 0.25) is 5.02 Å². The van der Waals surface area contributed by atoms with Crippen molar-refractivity contribution in [2.75, 3.05) is 0 Å². The maximum Gasteiger partial charge on any atom is 0.252 e. The van der Waals surface area contributed by atoms with Crippen molar-refractivity contribution in [3.8, 4) is 11.5 Å². The number of H-pyrrole nitrogens is 1. The van der Waals surface area contributed by atoms with Gasteiger partial charge < -0.3 is 15.0 Å². The van der Waals surface area contributed by atoms with Gasteiger partial charge in [0.2, 0.25) is 0 Å². The third-order valence-electron chi connectivity index (χ3n) is 4.59. The number of halogens is 2. The second-order valence-electron chi connectivity index (χ2n) is 6.50. The van der Waals surface area contributed by atoms with Crippen LogP contribution in [-0.2, 0) is 0 Å². The summed E-state index contributed by atoms with van der Waals surface area (Å²) in [5, 5.41) is 3.53. The Morgan fingerprint density at radius 1 is 1.11 bits per heavy atom. The first kappa shape index (κ1) is 20.1. The van der Waals surface area contributed by atoms with Gasteiger partial charge in [0.1, 0.15) is 5.75 Å². The molecule has 0 aliphatic carbocycles. The smallest absolute Gasteiger partial charge is 0.252 e. The van der Waals surface area contributed by atoms with Gasteiger partial charge in [0, 0.05) is 29.4 Å². The molecule has 0 fully saturated rings. The van der Waals surface area contributed by atoms with Gasteiger partial charge in [0.25, 0.3) is 5.56 Å². The van der Waals surface area contributed by atoms with E-state index in [0.717, 1.165) is 0 Å². The Bertz CT molecular complexity index is 991. The third kappa shape index (κ3) is 4.43. The minimum Gasteiger partial charge on any atom is -0.453 e. The van der Waals surface area contributed by atoms with Gasteiger partial charge in [0.05, 0.1) is 5.02 Å². The number of pyridine rings is 1. The summed E-state index contributed by atoms with van der Waals surface area (Å²) in [6.45, 7) is 3.83. The molecule has 0 unspecified atom stereocenters. The molecule has 1 aromatic heterocycles. The second-order valence-corrected chi connectivity index (χ2v) is 6.91. The molecule has 0 saturated carbocycles. The maximum absolute atomic E-state index is 15.3. The molecule has 0 radical (unpaired) electrons. The van der Waals surface area contributed by atoms with Gasteiger partial charge in [0.15, 0.2) is 11.6 Å². The van der Waals surface area contributed by atoms with Crippen molar-refractivity contribution in [2.45, 2.75) is 32.4 Å². The fourth-order valence-corrected chi connectivity index (χ4v) is 3.30. The summed E-state index contributed by atoms with van der Waals surface area (Å²) in [5.74, 6) is -0.00801. The van der Waals surface area contributed by atoms with Crippen LogP contribution in [0.4, 0.5) is 4.39 Å². The lowest BCUT2D eigenvalue weighted by molar-refractivity contribution is 0.409. The summed E-state index contributed by atoms with van der Waals surface area (Å²) in [6.07, 6.45) is 2.21. The molecule has 0 spiro atoms. The van der Waals surface area contributed by atoms with E-state index in [0.29, 0.717) is 23.3 Å². The molecule has 3 rings (SSSR count). The zero-order chi connectivity index (χ0) is 20.1. The summed E-state index contributed by atoms with van der Waals surface area (Å²) in [6, 6.07) is 15.2. The zero-order valence-corrected chi connectivity index (χ0v) is 16.5. The van der Waals surface area contributed by atoms with Crippen molar-refractivity contribution < 1.29 is 9.13 Å². The molecule has 0 amide bonds. The Morgan fingerprint density at radius 2 is 1.86 bits per heavy atom. The molecule has 0 saturated heterocycles. The highest BCUT2D eigenvalue weighted by atomic mass is 35.5. The molecule has 3 aromatic rings. The van der Waals surface area contributed by atoms with E-state index in [1.165, 1.54) is 0 Å². The molecule has 28 heavy (non-hydrogen) atoms. The van der Waals surface area contributed by atoms with E-state index in [9.17, 15) is 4.79 Å². The number of rotatable bonds is 7. The highest BCUT2D eigenvalue weighted by molar-refractivity contribution is 6.32. The number of benzene rings is 2. The van der Waals surface area contributed by atoms with Crippen LogP contribution in [-0.4, -0.2) is 4.98 Å². The van der Waals surface area contributed by atoms with Gasteiger partial charge in [-0.3, -0.25) is 4.79 Å². The average Bonchev–Trinajstić information content (AvgIpc) is 2.71. The number of hydrogen-bond acceptors (Lipinski definition) is 3. The van der Waals surface area contributed by atoms with E-state index in [-0.39, 0.29) is 28.4 Å². The Hall–Kier alpha value is -2.63. The minimum atomic E-state index is -0.509. The predicted molar refractivity (Wildman–Crippen MR) is 110 cm³/mol. The van der Waals surface area contributed by atoms with Crippen LogP contribution < -0.4 is 15.6 Å². The molecule has 4 nitrogen and oxygen atoms in total. The standard InChI is InChI=1S/C22H22ClFN2O2/c1-3-19(26-14(2)16-10-7-13-25-22(16)27)17-11-12-18(23)21(20(17)24)28-15-8-5-4-6-9-15/h4-14,19,26H,3H2,1-2H3,(H,25,27)/t14-,19+/m0/s1. The Labute approximate surface area is 168 Å². The molecule has 0 bridgehead atoms. The monoisotopic (exact) mass is 400 g/mol. The zero-order valence-electron chi connectivity index (χ0n) is 15.7. The van der Waals surface area contributed by atoms with Gasteiger partial charge in [-0.1, -0.05) is 48.9 Å². The summed E-state index contributed by atoms with van der Waals surface area (Å²) in [4.78, 5) is 14.7. The number of nitrogens with one attached hydrogen (secondary N) is 2. The quantitative estimate of drug-likeness (QED) is 0.530. The lowest BCUT2D eigenvalue weighted by atomic mass is 10.0.